The lowest BCUT2D eigenvalue weighted by Gasteiger charge is -2.15. The number of nitriles is 1. The van der Waals surface area contributed by atoms with Gasteiger partial charge in [0, 0.05) is 14.2 Å². The third kappa shape index (κ3) is 2.18. The topological polar surface area (TPSA) is 50.8 Å². The van der Waals surface area contributed by atoms with Crippen LogP contribution in [0.2, 0.25) is 0 Å². The Morgan fingerprint density at radius 1 is 1.14 bits per heavy atom. The van der Waals surface area contributed by atoms with Crippen LogP contribution in [0.15, 0.2) is 48.5 Å². The zero-order chi connectivity index (χ0) is 14.8. The number of rotatable bonds is 3. The van der Waals surface area contributed by atoms with Gasteiger partial charge in [-0.3, -0.25) is 0 Å². The number of benzene rings is 2. The maximum atomic E-state index is 9.22. The van der Waals surface area contributed by atoms with Crippen LogP contribution in [0.25, 0.3) is 11.0 Å². The molecule has 0 radical (unpaired) electrons. The zero-order valence-electron chi connectivity index (χ0n) is 11.9. The van der Waals surface area contributed by atoms with Crippen LogP contribution in [-0.4, -0.2) is 16.7 Å². The quantitative estimate of drug-likeness (QED) is 0.738. The van der Waals surface area contributed by atoms with E-state index in [-0.39, 0.29) is 6.10 Å². The normalized spacial score (nSPS) is 12.2. The van der Waals surface area contributed by atoms with Gasteiger partial charge in [0.05, 0.1) is 11.1 Å². The van der Waals surface area contributed by atoms with Crippen molar-refractivity contribution in [2.24, 2.45) is 7.05 Å². The summed E-state index contributed by atoms with van der Waals surface area (Å²) in [4.78, 5) is 4.65. The first kappa shape index (κ1) is 13.3. The SMILES string of the molecule is COC(c1ccccc1)c1nc2c(C#N)cccc2n1C. The Morgan fingerprint density at radius 2 is 1.90 bits per heavy atom. The minimum absolute atomic E-state index is 0.254. The van der Waals surface area contributed by atoms with Crippen LogP contribution in [0.1, 0.15) is 23.1 Å². The van der Waals surface area contributed by atoms with Crippen LogP contribution in [0.5, 0.6) is 0 Å². The van der Waals surface area contributed by atoms with E-state index >= 15 is 0 Å². The number of imidazole rings is 1. The summed E-state index contributed by atoms with van der Waals surface area (Å²) in [5.74, 6) is 0.793. The molecule has 1 unspecified atom stereocenters. The number of fused-ring (bicyclic) bond motifs is 1. The van der Waals surface area contributed by atoms with Gasteiger partial charge in [0.1, 0.15) is 23.5 Å². The summed E-state index contributed by atoms with van der Waals surface area (Å²) in [6.45, 7) is 0. The lowest BCUT2D eigenvalue weighted by molar-refractivity contribution is 0.127. The van der Waals surface area contributed by atoms with Crippen molar-refractivity contribution in [2.45, 2.75) is 6.10 Å². The average molecular weight is 277 g/mol. The molecule has 2 aromatic carbocycles. The Morgan fingerprint density at radius 3 is 2.57 bits per heavy atom. The van der Waals surface area contributed by atoms with E-state index in [1.54, 1.807) is 13.2 Å². The predicted molar refractivity (Wildman–Crippen MR) is 80.7 cm³/mol. The zero-order valence-corrected chi connectivity index (χ0v) is 11.9. The molecule has 1 heterocycles. The van der Waals surface area contributed by atoms with E-state index in [1.807, 2.05) is 54.1 Å². The third-order valence-corrected chi connectivity index (χ3v) is 3.64. The number of hydrogen-bond acceptors (Lipinski definition) is 3. The molecular weight excluding hydrogens is 262 g/mol. The average Bonchev–Trinajstić information content (AvgIpc) is 2.87. The van der Waals surface area contributed by atoms with Gasteiger partial charge in [-0.25, -0.2) is 4.98 Å². The summed E-state index contributed by atoms with van der Waals surface area (Å²) in [5.41, 5.74) is 3.27. The molecule has 1 aromatic heterocycles. The smallest absolute Gasteiger partial charge is 0.143 e. The fourth-order valence-electron chi connectivity index (χ4n) is 2.58. The molecule has 4 heteroatoms. The molecule has 0 N–H and O–H groups in total. The number of ether oxygens (including phenoxy) is 1. The Labute approximate surface area is 123 Å². The van der Waals surface area contributed by atoms with Gasteiger partial charge in [-0.05, 0) is 17.7 Å². The highest BCUT2D eigenvalue weighted by molar-refractivity contribution is 5.82. The minimum Gasteiger partial charge on any atom is -0.369 e. The monoisotopic (exact) mass is 277 g/mol. The molecule has 104 valence electrons. The summed E-state index contributed by atoms with van der Waals surface area (Å²) in [7, 11) is 3.61. The van der Waals surface area contributed by atoms with Gasteiger partial charge in [-0.2, -0.15) is 5.26 Å². The van der Waals surface area contributed by atoms with Gasteiger partial charge in [-0.15, -0.1) is 0 Å². The van der Waals surface area contributed by atoms with Crippen molar-refractivity contribution in [1.29, 1.82) is 5.26 Å². The molecule has 0 aliphatic carbocycles. The second-order valence-electron chi connectivity index (χ2n) is 4.84. The Bertz CT molecular complexity index is 815. The Kier molecular flexibility index (Phi) is 3.43. The fraction of sp³-hybridized carbons (Fsp3) is 0.176. The van der Waals surface area contributed by atoms with E-state index in [9.17, 15) is 5.26 Å². The highest BCUT2D eigenvalue weighted by Crippen LogP contribution is 2.28. The summed E-state index contributed by atoms with van der Waals surface area (Å²) >= 11 is 0. The molecule has 4 nitrogen and oxygen atoms in total. The minimum atomic E-state index is -0.254. The molecule has 0 amide bonds. The van der Waals surface area contributed by atoms with Crippen molar-refractivity contribution in [3.05, 3.63) is 65.5 Å². The van der Waals surface area contributed by atoms with Crippen LogP contribution >= 0.6 is 0 Å². The maximum Gasteiger partial charge on any atom is 0.143 e. The molecule has 3 aromatic rings. The van der Waals surface area contributed by atoms with Crippen LogP contribution in [0.4, 0.5) is 0 Å². The summed E-state index contributed by atoms with van der Waals surface area (Å²) in [6.07, 6.45) is -0.254. The van der Waals surface area contributed by atoms with Gasteiger partial charge in [0.15, 0.2) is 0 Å². The van der Waals surface area contributed by atoms with Crippen LogP contribution in [0.3, 0.4) is 0 Å². The van der Waals surface area contributed by atoms with Gasteiger partial charge in [0.2, 0.25) is 0 Å². The first-order chi connectivity index (χ1) is 10.3. The van der Waals surface area contributed by atoms with E-state index in [1.165, 1.54) is 0 Å². The summed E-state index contributed by atoms with van der Waals surface area (Å²) < 4.78 is 7.62. The van der Waals surface area contributed by atoms with E-state index in [2.05, 4.69) is 11.1 Å². The standard InChI is InChI=1S/C17H15N3O/c1-20-14-10-6-9-13(11-18)15(14)19-17(20)16(21-2)12-7-4-3-5-8-12/h3-10,16H,1-2H3. The lowest BCUT2D eigenvalue weighted by Crippen LogP contribution is -2.09. The molecular formula is C17H15N3O. The van der Waals surface area contributed by atoms with Gasteiger partial charge in [-0.1, -0.05) is 36.4 Å². The molecule has 0 bridgehead atoms. The van der Waals surface area contributed by atoms with Crippen molar-refractivity contribution < 1.29 is 4.74 Å². The highest BCUT2D eigenvalue weighted by atomic mass is 16.5. The number of aryl methyl sites for hydroxylation is 1. The maximum absolute atomic E-state index is 9.22. The molecule has 1 atom stereocenters. The Hall–Kier alpha value is -2.64. The first-order valence-electron chi connectivity index (χ1n) is 6.69. The van der Waals surface area contributed by atoms with Crippen molar-refractivity contribution in [2.75, 3.05) is 7.11 Å². The number of nitrogens with zero attached hydrogens (tertiary/aromatic N) is 3. The van der Waals surface area contributed by atoms with Crippen molar-refractivity contribution in [3.63, 3.8) is 0 Å². The molecule has 0 fully saturated rings. The van der Waals surface area contributed by atoms with Crippen molar-refractivity contribution in [1.82, 2.24) is 9.55 Å². The molecule has 3 rings (SSSR count). The van der Waals surface area contributed by atoms with Crippen LogP contribution < -0.4 is 0 Å². The van der Waals surface area contributed by atoms with Gasteiger partial charge >= 0.3 is 0 Å². The van der Waals surface area contributed by atoms with Gasteiger partial charge < -0.3 is 9.30 Å². The number of para-hydroxylation sites is 1. The molecule has 0 saturated heterocycles. The lowest BCUT2D eigenvalue weighted by atomic mass is 10.1. The second-order valence-corrected chi connectivity index (χ2v) is 4.84. The largest absolute Gasteiger partial charge is 0.369 e. The first-order valence-corrected chi connectivity index (χ1v) is 6.69. The summed E-state index contributed by atoms with van der Waals surface area (Å²) in [6, 6.07) is 17.8. The second kappa shape index (κ2) is 5.39. The molecule has 0 spiro atoms. The third-order valence-electron chi connectivity index (χ3n) is 3.64. The number of methoxy groups -OCH3 is 1. The predicted octanol–water partition coefficient (Wildman–Crippen LogP) is 3.18. The van der Waals surface area contributed by atoms with Crippen LogP contribution in [-0.2, 0) is 11.8 Å². The van der Waals surface area contributed by atoms with Crippen molar-refractivity contribution >= 4 is 11.0 Å². The fourth-order valence-corrected chi connectivity index (χ4v) is 2.58. The molecule has 0 saturated carbocycles. The van der Waals surface area contributed by atoms with E-state index < -0.39 is 0 Å². The molecule has 0 aliphatic rings. The Balaban J connectivity index is 2.20. The van der Waals surface area contributed by atoms with E-state index in [0.717, 1.165) is 22.4 Å². The highest BCUT2D eigenvalue weighted by Gasteiger charge is 2.21. The summed E-state index contributed by atoms with van der Waals surface area (Å²) in [5, 5.41) is 9.22. The number of hydrogen-bond donors (Lipinski definition) is 0. The van der Waals surface area contributed by atoms with E-state index in [0.29, 0.717) is 5.56 Å². The number of aromatic nitrogens is 2. The van der Waals surface area contributed by atoms with E-state index in [4.69, 9.17) is 4.74 Å². The van der Waals surface area contributed by atoms with Gasteiger partial charge in [0.25, 0.3) is 0 Å². The van der Waals surface area contributed by atoms with Crippen LogP contribution in [0, 0.1) is 11.3 Å². The molecule has 21 heavy (non-hydrogen) atoms. The van der Waals surface area contributed by atoms with Crippen molar-refractivity contribution in [3.8, 4) is 6.07 Å². The molecule has 0 aliphatic heterocycles.